The molecule has 0 bridgehead atoms. The molecule has 0 amide bonds. The summed E-state index contributed by atoms with van der Waals surface area (Å²) in [6.07, 6.45) is -4.67. The summed E-state index contributed by atoms with van der Waals surface area (Å²) in [4.78, 5) is 4.04. The second-order valence-electron chi connectivity index (χ2n) is 2.69. The largest absolute Gasteiger partial charge is 0.573 e. The van der Waals surface area contributed by atoms with Gasteiger partial charge < -0.3 is 4.74 Å². The Balaban J connectivity index is 3.15. The predicted octanol–water partition coefficient (Wildman–Crippen LogP) is 3.79. The molecule has 2 nitrogen and oxygen atoms in total. The van der Waals surface area contributed by atoms with Crippen LogP contribution in [0.1, 0.15) is 11.3 Å². The summed E-state index contributed by atoms with van der Waals surface area (Å²) in [6.45, 7) is 1.64. The molecule has 7 heteroatoms. The topological polar surface area (TPSA) is 22.1 Å². The van der Waals surface area contributed by atoms with Crippen molar-refractivity contribution in [2.24, 2.45) is 0 Å². The monoisotopic (exact) mass is 395 g/mol. The van der Waals surface area contributed by atoms with Crippen LogP contribution in [0.25, 0.3) is 0 Å². The number of rotatable bonds is 2. The first kappa shape index (κ1) is 13.0. The van der Waals surface area contributed by atoms with Gasteiger partial charge in [-0.3, -0.25) is 0 Å². The predicted molar refractivity (Wildman–Crippen MR) is 61.0 cm³/mol. The number of nitrogens with zero attached hydrogens (tertiary/aromatic N) is 1. The van der Waals surface area contributed by atoms with Crippen molar-refractivity contribution in [3.8, 4) is 5.75 Å². The Hall–Kier alpha value is -0.0500. The van der Waals surface area contributed by atoms with Gasteiger partial charge in [-0.25, -0.2) is 4.98 Å². The van der Waals surface area contributed by atoms with Gasteiger partial charge in [-0.2, -0.15) is 0 Å². The molecule has 15 heavy (non-hydrogen) atoms. The van der Waals surface area contributed by atoms with Crippen LogP contribution in [0.4, 0.5) is 13.2 Å². The molecule has 0 aliphatic carbocycles. The van der Waals surface area contributed by atoms with Crippen molar-refractivity contribution in [3.63, 3.8) is 0 Å². The molecule has 0 aliphatic heterocycles. The molecule has 1 aromatic heterocycles. The summed E-state index contributed by atoms with van der Waals surface area (Å²) < 4.78 is 40.6. The van der Waals surface area contributed by atoms with Crippen LogP contribution in [-0.2, 0) is 5.33 Å². The van der Waals surface area contributed by atoms with E-state index >= 15 is 0 Å². The van der Waals surface area contributed by atoms with Crippen LogP contribution in [0.5, 0.6) is 5.75 Å². The molecule has 0 fully saturated rings. The first-order chi connectivity index (χ1) is 6.83. The average molecular weight is 396 g/mol. The van der Waals surface area contributed by atoms with Gasteiger partial charge >= 0.3 is 6.36 Å². The van der Waals surface area contributed by atoms with Gasteiger partial charge in [-0.1, -0.05) is 15.9 Å². The third-order valence-corrected chi connectivity index (χ3v) is 2.73. The van der Waals surface area contributed by atoms with E-state index in [1.807, 2.05) is 22.6 Å². The summed E-state index contributed by atoms with van der Waals surface area (Å²) in [5.41, 5.74) is 0.936. The Labute approximate surface area is 106 Å². The quantitative estimate of drug-likeness (QED) is 0.432. The molecule has 0 atom stereocenters. The number of alkyl halides is 4. The minimum Gasteiger partial charge on any atom is -0.405 e. The highest BCUT2D eigenvalue weighted by Crippen LogP contribution is 2.30. The normalized spacial score (nSPS) is 11.6. The second kappa shape index (κ2) is 4.86. The lowest BCUT2D eigenvalue weighted by Crippen LogP contribution is -2.18. The first-order valence-electron chi connectivity index (χ1n) is 3.81. The van der Waals surface area contributed by atoms with Crippen molar-refractivity contribution in [1.82, 2.24) is 4.98 Å². The Morgan fingerprint density at radius 1 is 1.53 bits per heavy atom. The number of aromatic nitrogens is 1. The molecule has 0 saturated carbocycles. The average Bonchev–Trinajstić information content (AvgIpc) is 1.99. The van der Waals surface area contributed by atoms with Crippen LogP contribution in [0.3, 0.4) is 0 Å². The Morgan fingerprint density at radius 3 is 2.60 bits per heavy atom. The van der Waals surface area contributed by atoms with E-state index < -0.39 is 6.36 Å². The lowest BCUT2D eigenvalue weighted by molar-refractivity contribution is -0.274. The van der Waals surface area contributed by atoms with Crippen LogP contribution in [0.2, 0.25) is 0 Å². The van der Waals surface area contributed by atoms with E-state index in [0.29, 0.717) is 15.0 Å². The van der Waals surface area contributed by atoms with E-state index in [0.717, 1.165) is 0 Å². The van der Waals surface area contributed by atoms with E-state index in [9.17, 15) is 13.2 Å². The molecule has 0 aliphatic rings. The summed E-state index contributed by atoms with van der Waals surface area (Å²) in [5.74, 6) is -0.198. The van der Waals surface area contributed by atoms with E-state index in [4.69, 9.17) is 0 Å². The summed E-state index contributed by atoms with van der Waals surface area (Å²) in [6, 6.07) is 1.26. The lowest BCUT2D eigenvalue weighted by atomic mass is 10.2. The first-order valence-corrected chi connectivity index (χ1v) is 6.01. The number of aryl methyl sites for hydroxylation is 1. The highest BCUT2D eigenvalue weighted by atomic mass is 127. The van der Waals surface area contributed by atoms with Gasteiger partial charge in [0.05, 0.1) is 0 Å². The summed E-state index contributed by atoms with van der Waals surface area (Å²) >= 11 is 4.94. The van der Waals surface area contributed by atoms with E-state index in [2.05, 4.69) is 25.7 Å². The highest BCUT2D eigenvalue weighted by Gasteiger charge is 2.32. The van der Waals surface area contributed by atoms with Crippen molar-refractivity contribution in [2.75, 3.05) is 0 Å². The van der Waals surface area contributed by atoms with Gasteiger partial charge in [0.1, 0.15) is 9.45 Å². The maximum Gasteiger partial charge on any atom is 0.573 e. The van der Waals surface area contributed by atoms with Gasteiger partial charge in [-0.05, 0) is 29.5 Å². The number of halogens is 5. The van der Waals surface area contributed by atoms with Crippen LogP contribution in [0, 0.1) is 10.6 Å². The van der Waals surface area contributed by atoms with Crippen molar-refractivity contribution in [1.29, 1.82) is 0 Å². The third-order valence-electron chi connectivity index (χ3n) is 1.62. The molecule has 0 N–H and O–H groups in total. The van der Waals surface area contributed by atoms with E-state index in [1.165, 1.54) is 6.07 Å². The lowest BCUT2D eigenvalue weighted by Gasteiger charge is -2.13. The fraction of sp³-hybridized carbons (Fsp3) is 0.375. The SMILES string of the molecule is Cc1nc(I)cc(OC(F)(F)F)c1CBr. The van der Waals surface area contributed by atoms with Gasteiger partial charge in [0.25, 0.3) is 0 Å². The Morgan fingerprint density at radius 2 is 2.13 bits per heavy atom. The number of hydrogen-bond acceptors (Lipinski definition) is 2. The fourth-order valence-electron chi connectivity index (χ4n) is 1.01. The van der Waals surface area contributed by atoms with Crippen LogP contribution in [0.15, 0.2) is 6.07 Å². The highest BCUT2D eigenvalue weighted by molar-refractivity contribution is 14.1. The molecule has 1 heterocycles. The maximum absolute atomic E-state index is 12.1. The summed E-state index contributed by atoms with van der Waals surface area (Å²) in [5, 5.41) is 0.272. The maximum atomic E-state index is 12.1. The van der Waals surface area contributed by atoms with Crippen LogP contribution < -0.4 is 4.74 Å². The zero-order chi connectivity index (χ0) is 11.6. The van der Waals surface area contributed by atoms with E-state index in [-0.39, 0.29) is 11.1 Å². The van der Waals surface area contributed by atoms with E-state index in [1.54, 1.807) is 6.92 Å². The van der Waals surface area contributed by atoms with Crippen LogP contribution in [-0.4, -0.2) is 11.3 Å². The Bertz CT molecular complexity index is 370. The van der Waals surface area contributed by atoms with Crippen molar-refractivity contribution < 1.29 is 17.9 Å². The number of ether oxygens (including phenoxy) is 1. The van der Waals surface area contributed by atoms with Crippen molar-refractivity contribution >= 4 is 38.5 Å². The molecule has 1 rings (SSSR count). The second-order valence-corrected chi connectivity index (χ2v) is 4.35. The van der Waals surface area contributed by atoms with Crippen molar-refractivity contribution in [2.45, 2.75) is 18.6 Å². The minimum atomic E-state index is -4.67. The summed E-state index contributed by atoms with van der Waals surface area (Å²) in [7, 11) is 0. The smallest absolute Gasteiger partial charge is 0.405 e. The molecular weight excluding hydrogens is 390 g/mol. The minimum absolute atomic E-state index is 0.198. The van der Waals surface area contributed by atoms with Gasteiger partial charge in [0.15, 0.2) is 0 Å². The molecule has 0 unspecified atom stereocenters. The third kappa shape index (κ3) is 3.78. The Kier molecular flexibility index (Phi) is 4.21. The molecule has 84 valence electrons. The molecule has 0 aromatic carbocycles. The zero-order valence-electron chi connectivity index (χ0n) is 7.53. The molecule has 1 aromatic rings. The zero-order valence-corrected chi connectivity index (χ0v) is 11.3. The van der Waals surface area contributed by atoms with Gasteiger partial charge in [0, 0.05) is 22.7 Å². The number of hydrogen-bond donors (Lipinski definition) is 0. The number of pyridine rings is 1. The van der Waals surface area contributed by atoms with Crippen LogP contribution >= 0.6 is 38.5 Å². The standard InChI is InChI=1S/C8H6BrF3INO/c1-4-5(3-9)6(2-7(13)14-4)15-8(10,11)12/h2H,3H2,1H3. The molecular formula is C8H6BrF3INO. The fourth-order valence-corrected chi connectivity index (χ4v) is 2.34. The van der Waals surface area contributed by atoms with Gasteiger partial charge in [0.2, 0.25) is 0 Å². The molecule has 0 saturated heterocycles. The van der Waals surface area contributed by atoms with Crippen molar-refractivity contribution in [3.05, 3.63) is 21.0 Å². The molecule has 0 radical (unpaired) electrons. The van der Waals surface area contributed by atoms with Gasteiger partial charge in [-0.15, -0.1) is 13.2 Å². The molecule has 0 spiro atoms.